The molecule has 3 rings (SSSR count). The summed E-state index contributed by atoms with van der Waals surface area (Å²) in [6, 6.07) is 18.2. The van der Waals surface area contributed by atoms with E-state index in [0.29, 0.717) is 0 Å². The van der Waals surface area contributed by atoms with Crippen molar-refractivity contribution < 1.29 is 9.47 Å². The van der Waals surface area contributed by atoms with E-state index in [1.165, 1.54) is 5.56 Å². The van der Waals surface area contributed by atoms with E-state index in [9.17, 15) is 0 Å². The van der Waals surface area contributed by atoms with Gasteiger partial charge in [-0.2, -0.15) is 0 Å². The van der Waals surface area contributed by atoms with Crippen molar-refractivity contribution >= 4 is 0 Å². The van der Waals surface area contributed by atoms with Crippen LogP contribution >= 0.6 is 0 Å². The maximum atomic E-state index is 6.04. The Labute approximate surface area is 114 Å². The molecule has 0 amide bonds. The first-order chi connectivity index (χ1) is 9.25. The lowest BCUT2D eigenvalue weighted by Crippen LogP contribution is -2.11. The van der Waals surface area contributed by atoms with Crippen LogP contribution in [0.15, 0.2) is 54.6 Å². The highest BCUT2D eigenvalue weighted by Crippen LogP contribution is 2.40. The molecule has 97 valence electrons. The highest BCUT2D eigenvalue weighted by molar-refractivity contribution is 5.30. The third kappa shape index (κ3) is 2.42. The van der Waals surface area contributed by atoms with Gasteiger partial charge in [0.25, 0.3) is 0 Å². The van der Waals surface area contributed by atoms with E-state index < -0.39 is 0 Å². The van der Waals surface area contributed by atoms with Crippen LogP contribution in [-0.4, -0.2) is 6.10 Å². The number of hydrogen-bond donors (Lipinski definition) is 0. The fourth-order valence-electron chi connectivity index (χ4n) is 2.43. The average Bonchev–Trinajstić information content (AvgIpc) is 2.82. The van der Waals surface area contributed by atoms with Crippen molar-refractivity contribution in [2.45, 2.75) is 25.4 Å². The Morgan fingerprint density at radius 1 is 0.895 bits per heavy atom. The molecular formula is C17H17O2. The van der Waals surface area contributed by atoms with Gasteiger partial charge in [-0.3, -0.25) is 0 Å². The molecule has 0 bridgehead atoms. The third-order valence-electron chi connectivity index (χ3n) is 3.47. The van der Waals surface area contributed by atoms with E-state index in [1.807, 2.05) is 42.5 Å². The van der Waals surface area contributed by atoms with Crippen LogP contribution in [0.2, 0.25) is 0 Å². The molecule has 2 aromatic rings. The van der Waals surface area contributed by atoms with E-state index >= 15 is 0 Å². The Bertz CT molecular complexity index is 550. The summed E-state index contributed by atoms with van der Waals surface area (Å²) >= 11 is 0. The molecule has 0 aromatic heterocycles. The molecule has 0 aliphatic carbocycles. The first-order valence-corrected chi connectivity index (χ1v) is 6.50. The summed E-state index contributed by atoms with van der Waals surface area (Å²) < 4.78 is 11.9. The normalized spacial score (nSPS) is 26.5. The molecule has 19 heavy (non-hydrogen) atoms. The first kappa shape index (κ1) is 12.4. The van der Waals surface area contributed by atoms with E-state index in [2.05, 4.69) is 26.0 Å². The molecule has 1 heterocycles. The predicted octanol–water partition coefficient (Wildman–Crippen LogP) is 3.98. The second-order valence-electron chi connectivity index (χ2n) is 4.83. The minimum Gasteiger partial charge on any atom is -0.342 e. The van der Waals surface area contributed by atoms with Crippen LogP contribution < -0.4 is 0 Å². The van der Waals surface area contributed by atoms with Crippen molar-refractivity contribution in [2.24, 2.45) is 0 Å². The summed E-state index contributed by atoms with van der Waals surface area (Å²) in [6.07, 6.45) is -0.619. The SMILES string of the molecule is [CH2][C@@H]1OC(c2ccccc2)O[C@H]1c1ccccc1C. The van der Waals surface area contributed by atoms with E-state index in [4.69, 9.17) is 9.47 Å². The maximum absolute atomic E-state index is 6.04. The number of hydrogen-bond acceptors (Lipinski definition) is 2. The standard InChI is InChI=1S/C17H17O2/c1-12-8-6-7-11-15(12)16-13(2)18-17(19-16)14-9-4-3-5-10-14/h3-11,13,16-17H,2H2,1H3/t13-,16+,17?/m0/s1. The number of rotatable bonds is 2. The summed E-state index contributed by atoms with van der Waals surface area (Å²) in [5, 5.41) is 0. The van der Waals surface area contributed by atoms with Gasteiger partial charge in [-0.15, -0.1) is 0 Å². The van der Waals surface area contributed by atoms with Gasteiger partial charge in [0, 0.05) is 5.56 Å². The van der Waals surface area contributed by atoms with Gasteiger partial charge in [0.15, 0.2) is 6.29 Å². The highest BCUT2D eigenvalue weighted by atomic mass is 16.7. The summed E-state index contributed by atoms with van der Waals surface area (Å²) in [6.45, 7) is 6.15. The lowest BCUT2D eigenvalue weighted by Gasteiger charge is -2.15. The minimum absolute atomic E-state index is 0.105. The molecule has 0 spiro atoms. The molecule has 3 atom stereocenters. The fraction of sp³-hybridized carbons (Fsp3) is 0.235. The van der Waals surface area contributed by atoms with E-state index in [0.717, 1.165) is 11.1 Å². The molecule has 1 saturated heterocycles. The highest BCUT2D eigenvalue weighted by Gasteiger charge is 2.35. The van der Waals surface area contributed by atoms with Crippen LogP contribution in [0.25, 0.3) is 0 Å². The van der Waals surface area contributed by atoms with Gasteiger partial charge in [0.05, 0.1) is 6.10 Å². The quantitative estimate of drug-likeness (QED) is 0.805. The molecular weight excluding hydrogens is 236 g/mol. The molecule has 0 saturated carbocycles. The lowest BCUT2D eigenvalue weighted by atomic mass is 10.0. The Kier molecular flexibility index (Phi) is 3.36. The van der Waals surface area contributed by atoms with Gasteiger partial charge >= 0.3 is 0 Å². The summed E-state index contributed by atoms with van der Waals surface area (Å²) in [5.41, 5.74) is 3.40. The van der Waals surface area contributed by atoms with Crippen LogP contribution in [0, 0.1) is 13.8 Å². The Hall–Kier alpha value is -1.64. The monoisotopic (exact) mass is 253 g/mol. The van der Waals surface area contributed by atoms with E-state index in [1.54, 1.807) is 0 Å². The van der Waals surface area contributed by atoms with Crippen molar-refractivity contribution in [3.8, 4) is 0 Å². The fourth-order valence-corrected chi connectivity index (χ4v) is 2.43. The van der Waals surface area contributed by atoms with Gasteiger partial charge in [0.2, 0.25) is 0 Å². The average molecular weight is 253 g/mol. The topological polar surface area (TPSA) is 18.5 Å². The molecule has 1 aliphatic heterocycles. The zero-order valence-electron chi connectivity index (χ0n) is 11.0. The lowest BCUT2D eigenvalue weighted by molar-refractivity contribution is -0.0657. The number of aryl methyl sites for hydroxylation is 1. The minimum atomic E-state index is -0.326. The molecule has 2 nitrogen and oxygen atoms in total. The zero-order valence-corrected chi connectivity index (χ0v) is 11.0. The summed E-state index contributed by atoms with van der Waals surface area (Å²) in [4.78, 5) is 0. The second-order valence-corrected chi connectivity index (χ2v) is 4.83. The summed E-state index contributed by atoms with van der Waals surface area (Å²) in [7, 11) is 0. The van der Waals surface area contributed by atoms with Crippen molar-refractivity contribution in [2.75, 3.05) is 0 Å². The molecule has 1 fully saturated rings. The van der Waals surface area contributed by atoms with Gasteiger partial charge in [-0.25, -0.2) is 0 Å². The van der Waals surface area contributed by atoms with E-state index in [-0.39, 0.29) is 18.5 Å². The van der Waals surface area contributed by atoms with Crippen molar-refractivity contribution in [3.63, 3.8) is 0 Å². The second kappa shape index (κ2) is 5.16. The van der Waals surface area contributed by atoms with Crippen LogP contribution in [0.1, 0.15) is 29.1 Å². The van der Waals surface area contributed by atoms with Crippen LogP contribution in [-0.2, 0) is 9.47 Å². The third-order valence-corrected chi connectivity index (χ3v) is 3.47. The van der Waals surface area contributed by atoms with Crippen molar-refractivity contribution in [3.05, 3.63) is 78.2 Å². The van der Waals surface area contributed by atoms with Crippen LogP contribution in [0.4, 0.5) is 0 Å². The molecule has 2 aromatic carbocycles. The first-order valence-electron chi connectivity index (χ1n) is 6.50. The largest absolute Gasteiger partial charge is 0.342 e. The maximum Gasteiger partial charge on any atom is 0.185 e. The van der Waals surface area contributed by atoms with Crippen molar-refractivity contribution in [1.82, 2.24) is 0 Å². The molecule has 1 radical (unpaired) electrons. The van der Waals surface area contributed by atoms with Gasteiger partial charge in [-0.1, -0.05) is 54.6 Å². The Morgan fingerprint density at radius 2 is 1.58 bits per heavy atom. The van der Waals surface area contributed by atoms with Crippen molar-refractivity contribution in [1.29, 1.82) is 0 Å². The Morgan fingerprint density at radius 3 is 2.32 bits per heavy atom. The zero-order chi connectivity index (χ0) is 13.2. The molecule has 0 N–H and O–H groups in total. The smallest absolute Gasteiger partial charge is 0.185 e. The van der Waals surface area contributed by atoms with Gasteiger partial charge in [-0.05, 0) is 25.0 Å². The van der Waals surface area contributed by atoms with Crippen LogP contribution in [0.5, 0.6) is 0 Å². The molecule has 2 heteroatoms. The van der Waals surface area contributed by atoms with Gasteiger partial charge < -0.3 is 9.47 Å². The van der Waals surface area contributed by atoms with Crippen LogP contribution in [0.3, 0.4) is 0 Å². The molecule has 1 unspecified atom stereocenters. The van der Waals surface area contributed by atoms with Gasteiger partial charge in [0.1, 0.15) is 6.10 Å². The Balaban J connectivity index is 1.85. The summed E-state index contributed by atoms with van der Waals surface area (Å²) in [5.74, 6) is 0. The number of benzene rings is 2. The number of ether oxygens (including phenoxy) is 2. The predicted molar refractivity (Wildman–Crippen MR) is 74.4 cm³/mol. The molecule has 1 aliphatic rings.